The van der Waals surface area contributed by atoms with Crippen LogP contribution in [0.4, 0.5) is 0 Å². The molecule has 1 saturated heterocycles. The summed E-state index contributed by atoms with van der Waals surface area (Å²) in [5.41, 5.74) is 6.09. The highest BCUT2D eigenvalue weighted by Crippen LogP contribution is 2.24. The van der Waals surface area contributed by atoms with Crippen LogP contribution in [0.15, 0.2) is 30.3 Å². The minimum atomic E-state index is -1.15. The van der Waals surface area contributed by atoms with E-state index in [2.05, 4.69) is 11.8 Å². The lowest BCUT2D eigenvalue weighted by Crippen LogP contribution is -2.58. The molecule has 1 fully saturated rings. The number of ether oxygens (including phenoxy) is 2. The van der Waals surface area contributed by atoms with Gasteiger partial charge in [-0.3, -0.25) is 4.90 Å². The number of carbonyl (C=O) groups excluding carboxylic acids is 1. The third-order valence-corrected chi connectivity index (χ3v) is 4.11. The molecule has 0 aromatic heterocycles. The Labute approximate surface area is 126 Å². The Morgan fingerprint density at radius 3 is 2.81 bits per heavy atom. The quantitative estimate of drug-likeness (QED) is 0.824. The first-order valence-corrected chi connectivity index (χ1v) is 7.36. The molecule has 1 aromatic carbocycles. The van der Waals surface area contributed by atoms with Crippen LogP contribution in [0.3, 0.4) is 0 Å². The van der Waals surface area contributed by atoms with E-state index in [4.69, 9.17) is 15.2 Å². The molecule has 5 heteroatoms. The number of benzene rings is 1. The molecule has 0 spiro atoms. The van der Waals surface area contributed by atoms with Gasteiger partial charge < -0.3 is 15.2 Å². The van der Waals surface area contributed by atoms with Crippen LogP contribution in [0.5, 0.6) is 0 Å². The zero-order valence-electron chi connectivity index (χ0n) is 12.7. The molecule has 5 nitrogen and oxygen atoms in total. The van der Waals surface area contributed by atoms with Crippen LogP contribution in [0, 0.1) is 0 Å². The van der Waals surface area contributed by atoms with Gasteiger partial charge in [-0.05, 0) is 12.0 Å². The predicted molar refractivity (Wildman–Crippen MR) is 80.8 cm³/mol. The number of methoxy groups -OCH3 is 1. The van der Waals surface area contributed by atoms with Gasteiger partial charge in [-0.25, -0.2) is 4.79 Å². The number of nitrogens with two attached hydrogens (primary N) is 1. The van der Waals surface area contributed by atoms with Crippen molar-refractivity contribution in [2.75, 3.05) is 33.4 Å². The Kier molecular flexibility index (Phi) is 5.33. The third-order valence-electron chi connectivity index (χ3n) is 4.11. The summed E-state index contributed by atoms with van der Waals surface area (Å²) in [7, 11) is 1.38. The zero-order chi connectivity index (χ0) is 15.3. The highest BCUT2D eigenvalue weighted by atomic mass is 16.5. The van der Waals surface area contributed by atoms with Crippen LogP contribution < -0.4 is 5.73 Å². The largest absolute Gasteiger partial charge is 0.467 e. The number of hydrogen-bond donors (Lipinski definition) is 1. The average molecular weight is 292 g/mol. The number of esters is 1. The summed E-state index contributed by atoms with van der Waals surface area (Å²) < 4.78 is 10.5. The smallest absolute Gasteiger partial charge is 0.331 e. The van der Waals surface area contributed by atoms with Crippen molar-refractivity contribution >= 4 is 5.97 Å². The summed E-state index contributed by atoms with van der Waals surface area (Å²) in [6.45, 7) is 4.68. The van der Waals surface area contributed by atoms with Crippen molar-refractivity contribution in [2.45, 2.75) is 24.9 Å². The molecule has 1 aliphatic heterocycles. The number of hydrogen-bond acceptors (Lipinski definition) is 5. The summed E-state index contributed by atoms with van der Waals surface area (Å²) in [4.78, 5) is 14.5. The molecule has 21 heavy (non-hydrogen) atoms. The van der Waals surface area contributed by atoms with E-state index in [0.29, 0.717) is 19.8 Å². The number of rotatable bonds is 5. The molecule has 0 amide bonds. The van der Waals surface area contributed by atoms with E-state index in [1.54, 1.807) is 0 Å². The standard InChI is InChI=1S/C16H24N2O3/c1-3-14-11-21-10-9-18(14)12-16(17,15(19)20-2)13-7-5-4-6-8-13/h4-8,14H,3,9-12,17H2,1-2H3. The van der Waals surface area contributed by atoms with Gasteiger partial charge in [0.1, 0.15) is 0 Å². The molecule has 2 N–H and O–H groups in total. The van der Waals surface area contributed by atoms with Crippen molar-refractivity contribution in [1.29, 1.82) is 0 Å². The van der Waals surface area contributed by atoms with Crippen molar-refractivity contribution in [2.24, 2.45) is 5.73 Å². The second-order valence-electron chi connectivity index (χ2n) is 5.44. The molecule has 0 aliphatic carbocycles. The van der Waals surface area contributed by atoms with Gasteiger partial charge in [0, 0.05) is 19.1 Å². The highest BCUT2D eigenvalue weighted by molar-refractivity contribution is 5.82. The molecule has 2 rings (SSSR count). The maximum Gasteiger partial charge on any atom is 0.331 e. The molecule has 0 bridgehead atoms. The third kappa shape index (κ3) is 3.43. The van der Waals surface area contributed by atoms with Crippen molar-refractivity contribution in [3.05, 3.63) is 35.9 Å². The zero-order valence-corrected chi connectivity index (χ0v) is 12.7. The van der Waals surface area contributed by atoms with E-state index in [9.17, 15) is 4.79 Å². The summed E-state index contributed by atoms with van der Waals surface area (Å²) in [5.74, 6) is -0.407. The molecule has 0 saturated carbocycles. The van der Waals surface area contributed by atoms with Crippen LogP contribution in [-0.2, 0) is 19.8 Å². The molecule has 0 radical (unpaired) electrons. The Balaban J connectivity index is 2.26. The predicted octanol–water partition coefficient (Wildman–Crippen LogP) is 1.12. The van der Waals surface area contributed by atoms with Crippen molar-refractivity contribution in [3.63, 3.8) is 0 Å². The second kappa shape index (κ2) is 7.02. The number of nitrogens with zero attached hydrogens (tertiary/aromatic N) is 1. The van der Waals surface area contributed by atoms with Gasteiger partial charge in [-0.2, -0.15) is 0 Å². The molecule has 1 aliphatic rings. The monoisotopic (exact) mass is 292 g/mol. The Hall–Kier alpha value is -1.43. The lowest BCUT2D eigenvalue weighted by molar-refractivity contribution is -0.149. The molecule has 2 unspecified atom stereocenters. The molecule has 1 heterocycles. The van der Waals surface area contributed by atoms with Gasteiger partial charge >= 0.3 is 5.97 Å². The van der Waals surface area contributed by atoms with Crippen LogP contribution in [0.2, 0.25) is 0 Å². The molecule has 1 aromatic rings. The van der Waals surface area contributed by atoms with E-state index in [-0.39, 0.29) is 6.04 Å². The van der Waals surface area contributed by atoms with Crippen LogP contribution in [0.25, 0.3) is 0 Å². The van der Waals surface area contributed by atoms with Gasteiger partial charge in [-0.1, -0.05) is 37.3 Å². The van der Waals surface area contributed by atoms with Crippen molar-refractivity contribution < 1.29 is 14.3 Å². The van der Waals surface area contributed by atoms with E-state index in [1.807, 2.05) is 30.3 Å². The van der Waals surface area contributed by atoms with Crippen molar-refractivity contribution in [1.82, 2.24) is 4.90 Å². The SMILES string of the molecule is CCC1COCCN1CC(N)(C(=O)OC)c1ccccc1. The lowest BCUT2D eigenvalue weighted by Gasteiger charge is -2.40. The lowest BCUT2D eigenvalue weighted by atomic mass is 9.89. The second-order valence-corrected chi connectivity index (χ2v) is 5.44. The normalized spacial score (nSPS) is 22.5. The van der Waals surface area contributed by atoms with E-state index >= 15 is 0 Å². The summed E-state index contributed by atoms with van der Waals surface area (Å²) >= 11 is 0. The molecular weight excluding hydrogens is 268 g/mol. The maximum absolute atomic E-state index is 12.3. The van der Waals surface area contributed by atoms with Crippen LogP contribution >= 0.6 is 0 Å². The first kappa shape index (κ1) is 15.9. The number of carbonyl (C=O) groups is 1. The van der Waals surface area contributed by atoms with Crippen LogP contribution in [0.1, 0.15) is 18.9 Å². The molecule has 116 valence electrons. The molecular formula is C16H24N2O3. The fourth-order valence-corrected chi connectivity index (χ4v) is 2.79. The number of morpholine rings is 1. The summed E-state index contributed by atoms with van der Waals surface area (Å²) in [6, 6.07) is 9.71. The average Bonchev–Trinajstić information content (AvgIpc) is 2.55. The summed E-state index contributed by atoms with van der Waals surface area (Å²) in [6.07, 6.45) is 0.964. The fraction of sp³-hybridized carbons (Fsp3) is 0.562. The highest BCUT2D eigenvalue weighted by Gasteiger charge is 2.40. The van der Waals surface area contributed by atoms with Gasteiger partial charge in [0.25, 0.3) is 0 Å². The van der Waals surface area contributed by atoms with Gasteiger partial charge in [-0.15, -0.1) is 0 Å². The first-order chi connectivity index (χ1) is 10.1. The van der Waals surface area contributed by atoms with E-state index < -0.39 is 11.5 Å². The van der Waals surface area contributed by atoms with Gasteiger partial charge in [0.15, 0.2) is 5.54 Å². The van der Waals surface area contributed by atoms with E-state index in [1.165, 1.54) is 7.11 Å². The minimum Gasteiger partial charge on any atom is -0.467 e. The van der Waals surface area contributed by atoms with Crippen molar-refractivity contribution in [3.8, 4) is 0 Å². The topological polar surface area (TPSA) is 64.8 Å². The maximum atomic E-state index is 12.3. The molecule has 2 atom stereocenters. The minimum absolute atomic E-state index is 0.287. The first-order valence-electron chi connectivity index (χ1n) is 7.36. The van der Waals surface area contributed by atoms with E-state index in [0.717, 1.165) is 18.5 Å². The van der Waals surface area contributed by atoms with Gasteiger partial charge in [0.05, 0.1) is 20.3 Å². The fourth-order valence-electron chi connectivity index (χ4n) is 2.79. The Bertz CT molecular complexity index is 466. The summed E-state index contributed by atoms with van der Waals surface area (Å²) in [5, 5.41) is 0. The van der Waals surface area contributed by atoms with Crippen LogP contribution in [-0.4, -0.2) is 50.3 Å². The van der Waals surface area contributed by atoms with Gasteiger partial charge in [0.2, 0.25) is 0 Å². The Morgan fingerprint density at radius 1 is 1.48 bits per heavy atom. The Morgan fingerprint density at radius 2 is 2.19 bits per heavy atom.